The van der Waals surface area contributed by atoms with E-state index in [0.717, 1.165) is 0 Å². The van der Waals surface area contributed by atoms with Gasteiger partial charge in [0.15, 0.2) is 0 Å². The van der Waals surface area contributed by atoms with E-state index < -0.39 is 24.5 Å². The zero-order chi connectivity index (χ0) is 13.9. The summed E-state index contributed by atoms with van der Waals surface area (Å²) in [5.41, 5.74) is 0.514. The zero-order valence-corrected chi connectivity index (χ0v) is 11.6. The summed E-state index contributed by atoms with van der Waals surface area (Å²) in [6, 6.07) is 4.56. The molecule has 1 N–H and O–H groups in total. The minimum Gasteiger partial charge on any atom is -0.314 e. The molecule has 1 aromatic rings. The van der Waals surface area contributed by atoms with Crippen molar-refractivity contribution in [1.82, 2.24) is 10.2 Å². The van der Waals surface area contributed by atoms with Gasteiger partial charge in [-0.3, -0.25) is 4.90 Å². The molecule has 2 rings (SSSR count). The molecule has 1 aliphatic rings. The molecule has 1 heterocycles. The van der Waals surface area contributed by atoms with Gasteiger partial charge in [0.2, 0.25) is 0 Å². The molecule has 114 valence electrons. The molecule has 0 saturated carbocycles. The molecule has 0 aliphatic carbocycles. The highest BCUT2D eigenvalue weighted by Gasteiger charge is 2.35. The van der Waals surface area contributed by atoms with E-state index in [1.54, 1.807) is 4.90 Å². The van der Waals surface area contributed by atoms with Gasteiger partial charge in [0.1, 0.15) is 5.82 Å². The number of hydrogen-bond donors (Lipinski definition) is 1. The van der Waals surface area contributed by atoms with Crippen molar-refractivity contribution in [3.05, 3.63) is 35.6 Å². The number of halogens is 5. The standard InChI is InChI=1S/C13H16F4N2.ClH/c14-11-3-1-10(2-4-11)12(9-13(15,16)17)19-7-5-18-6-8-19;/h1-4,12,18H,5-9H2;1H/t12-;/m0./s1. The highest BCUT2D eigenvalue weighted by molar-refractivity contribution is 5.85. The first-order valence-corrected chi connectivity index (χ1v) is 6.23. The lowest BCUT2D eigenvalue weighted by Crippen LogP contribution is -2.46. The summed E-state index contributed by atoms with van der Waals surface area (Å²) < 4.78 is 51.0. The summed E-state index contributed by atoms with van der Waals surface area (Å²) in [6.07, 6.45) is -5.14. The number of nitrogens with zero attached hydrogens (tertiary/aromatic N) is 1. The van der Waals surface area contributed by atoms with E-state index in [-0.39, 0.29) is 12.4 Å². The van der Waals surface area contributed by atoms with E-state index in [4.69, 9.17) is 0 Å². The Morgan fingerprint density at radius 1 is 1.10 bits per heavy atom. The first kappa shape index (κ1) is 17.2. The normalized spacial score (nSPS) is 18.4. The maximum absolute atomic E-state index is 12.9. The molecule has 1 aliphatic heterocycles. The number of rotatable bonds is 3. The Hall–Kier alpha value is -0.850. The summed E-state index contributed by atoms with van der Waals surface area (Å²) in [6.45, 7) is 2.49. The van der Waals surface area contributed by atoms with E-state index in [0.29, 0.717) is 31.7 Å². The Kier molecular flexibility index (Phi) is 6.23. The van der Waals surface area contributed by atoms with Crippen LogP contribution in [0.3, 0.4) is 0 Å². The summed E-state index contributed by atoms with van der Waals surface area (Å²) in [4.78, 5) is 1.80. The number of nitrogens with one attached hydrogen (secondary N) is 1. The topological polar surface area (TPSA) is 15.3 Å². The van der Waals surface area contributed by atoms with Crippen LogP contribution in [0, 0.1) is 5.82 Å². The first-order valence-electron chi connectivity index (χ1n) is 6.23. The maximum Gasteiger partial charge on any atom is 0.390 e. The minimum absolute atomic E-state index is 0. The second-order valence-electron chi connectivity index (χ2n) is 4.67. The van der Waals surface area contributed by atoms with Crippen molar-refractivity contribution < 1.29 is 17.6 Å². The fourth-order valence-corrected chi connectivity index (χ4v) is 2.36. The van der Waals surface area contributed by atoms with Gasteiger partial charge in [-0.05, 0) is 17.7 Å². The third-order valence-electron chi connectivity index (χ3n) is 3.27. The number of alkyl halides is 3. The molecule has 1 fully saturated rings. The molecule has 0 radical (unpaired) electrons. The Balaban J connectivity index is 0.00000200. The van der Waals surface area contributed by atoms with Gasteiger partial charge in [0.25, 0.3) is 0 Å². The smallest absolute Gasteiger partial charge is 0.314 e. The molecule has 0 unspecified atom stereocenters. The highest BCUT2D eigenvalue weighted by atomic mass is 35.5. The van der Waals surface area contributed by atoms with Crippen LogP contribution in [-0.4, -0.2) is 37.3 Å². The van der Waals surface area contributed by atoms with E-state index in [1.165, 1.54) is 24.3 Å². The number of hydrogen-bond acceptors (Lipinski definition) is 2. The quantitative estimate of drug-likeness (QED) is 0.863. The van der Waals surface area contributed by atoms with Gasteiger partial charge in [-0.2, -0.15) is 13.2 Å². The molecule has 0 aromatic heterocycles. The summed E-state index contributed by atoms with van der Waals surface area (Å²) in [5.74, 6) is -0.435. The van der Waals surface area contributed by atoms with Crippen molar-refractivity contribution in [2.24, 2.45) is 0 Å². The lowest BCUT2D eigenvalue weighted by molar-refractivity contribution is -0.148. The Labute approximate surface area is 121 Å². The van der Waals surface area contributed by atoms with E-state index >= 15 is 0 Å². The fraction of sp³-hybridized carbons (Fsp3) is 0.538. The second kappa shape index (κ2) is 7.24. The summed E-state index contributed by atoms with van der Waals surface area (Å²) >= 11 is 0. The van der Waals surface area contributed by atoms with Gasteiger partial charge in [-0.25, -0.2) is 4.39 Å². The van der Waals surface area contributed by atoms with E-state index in [9.17, 15) is 17.6 Å². The van der Waals surface area contributed by atoms with Crippen LogP contribution in [0.15, 0.2) is 24.3 Å². The van der Waals surface area contributed by atoms with Gasteiger partial charge in [0, 0.05) is 32.2 Å². The summed E-state index contributed by atoms with van der Waals surface area (Å²) in [7, 11) is 0. The van der Waals surface area contributed by atoms with Crippen LogP contribution in [0.4, 0.5) is 17.6 Å². The molecule has 1 saturated heterocycles. The van der Waals surface area contributed by atoms with E-state index in [2.05, 4.69) is 5.32 Å². The van der Waals surface area contributed by atoms with Crippen LogP contribution in [-0.2, 0) is 0 Å². The monoisotopic (exact) mass is 312 g/mol. The molecule has 20 heavy (non-hydrogen) atoms. The van der Waals surface area contributed by atoms with Gasteiger partial charge < -0.3 is 5.32 Å². The molecular formula is C13H17ClF4N2. The molecular weight excluding hydrogens is 296 g/mol. The second-order valence-corrected chi connectivity index (χ2v) is 4.67. The average Bonchev–Trinajstić information content (AvgIpc) is 2.37. The number of benzene rings is 1. The third kappa shape index (κ3) is 4.92. The van der Waals surface area contributed by atoms with E-state index in [1.807, 2.05) is 0 Å². The van der Waals surface area contributed by atoms with Crippen molar-refractivity contribution >= 4 is 12.4 Å². The fourth-order valence-electron chi connectivity index (χ4n) is 2.36. The zero-order valence-electron chi connectivity index (χ0n) is 10.8. The van der Waals surface area contributed by atoms with Crippen molar-refractivity contribution in [3.8, 4) is 0 Å². The predicted molar refractivity (Wildman–Crippen MR) is 71.5 cm³/mol. The van der Waals surface area contributed by atoms with Crippen LogP contribution in [0.25, 0.3) is 0 Å². The first-order chi connectivity index (χ1) is 8.96. The van der Waals surface area contributed by atoms with Gasteiger partial charge in [-0.15, -0.1) is 12.4 Å². The molecule has 1 aromatic carbocycles. The van der Waals surface area contributed by atoms with Gasteiger partial charge >= 0.3 is 6.18 Å². The predicted octanol–water partition coefficient (Wildman–Crippen LogP) is 3.15. The maximum atomic E-state index is 12.9. The van der Waals surface area contributed by atoms with Crippen molar-refractivity contribution in [3.63, 3.8) is 0 Å². The van der Waals surface area contributed by atoms with Crippen LogP contribution in [0.2, 0.25) is 0 Å². The lowest BCUT2D eigenvalue weighted by Gasteiger charge is -2.35. The highest BCUT2D eigenvalue weighted by Crippen LogP contribution is 2.33. The average molecular weight is 313 g/mol. The minimum atomic E-state index is -4.23. The van der Waals surface area contributed by atoms with Gasteiger partial charge in [-0.1, -0.05) is 12.1 Å². The van der Waals surface area contributed by atoms with Crippen LogP contribution < -0.4 is 5.32 Å². The number of piperazine rings is 1. The Morgan fingerprint density at radius 3 is 2.15 bits per heavy atom. The molecule has 1 atom stereocenters. The third-order valence-corrected chi connectivity index (χ3v) is 3.27. The molecule has 7 heteroatoms. The van der Waals surface area contributed by atoms with Crippen LogP contribution in [0.1, 0.15) is 18.0 Å². The van der Waals surface area contributed by atoms with Crippen molar-refractivity contribution in [1.29, 1.82) is 0 Å². The largest absolute Gasteiger partial charge is 0.390 e. The molecule has 0 spiro atoms. The van der Waals surface area contributed by atoms with Crippen LogP contribution in [0.5, 0.6) is 0 Å². The Morgan fingerprint density at radius 2 is 1.65 bits per heavy atom. The molecule has 0 amide bonds. The lowest BCUT2D eigenvalue weighted by atomic mass is 10.0. The Bertz CT molecular complexity index is 402. The summed E-state index contributed by atoms with van der Waals surface area (Å²) in [5, 5.41) is 3.11. The molecule has 0 bridgehead atoms. The SMILES string of the molecule is Cl.Fc1ccc([C@H](CC(F)(F)F)N2CCNCC2)cc1. The van der Waals surface area contributed by atoms with Crippen LogP contribution >= 0.6 is 12.4 Å². The van der Waals surface area contributed by atoms with Gasteiger partial charge in [0.05, 0.1) is 6.42 Å². The van der Waals surface area contributed by atoms with Crippen molar-refractivity contribution in [2.75, 3.05) is 26.2 Å². The molecule has 2 nitrogen and oxygen atoms in total. The van der Waals surface area contributed by atoms with Crippen molar-refractivity contribution in [2.45, 2.75) is 18.6 Å².